The van der Waals surface area contributed by atoms with E-state index < -0.39 is 0 Å². The normalized spacial score (nSPS) is 10.1. The molecule has 1 aromatic carbocycles. The van der Waals surface area contributed by atoms with Crippen LogP contribution in [0.5, 0.6) is 5.75 Å². The van der Waals surface area contributed by atoms with Gasteiger partial charge in [0.1, 0.15) is 11.4 Å². The Balaban J connectivity index is 2.40. The SMILES string of the molecule is COc1ccc(-c2cc(C=O)no2)cc1C. The second-order valence-corrected chi connectivity index (χ2v) is 3.42. The third kappa shape index (κ3) is 1.82. The van der Waals surface area contributed by atoms with Gasteiger partial charge in [-0.1, -0.05) is 5.16 Å². The molecule has 0 fully saturated rings. The molecule has 0 saturated carbocycles. The maximum Gasteiger partial charge on any atom is 0.171 e. The van der Waals surface area contributed by atoms with Crippen LogP contribution >= 0.6 is 0 Å². The molecule has 4 nitrogen and oxygen atoms in total. The predicted octanol–water partition coefficient (Wildman–Crippen LogP) is 2.47. The lowest BCUT2D eigenvalue weighted by Gasteiger charge is -2.04. The van der Waals surface area contributed by atoms with Gasteiger partial charge in [-0.3, -0.25) is 4.79 Å². The van der Waals surface area contributed by atoms with Crippen LogP contribution in [-0.2, 0) is 0 Å². The lowest BCUT2D eigenvalue weighted by Crippen LogP contribution is -1.87. The van der Waals surface area contributed by atoms with Crippen molar-refractivity contribution >= 4 is 6.29 Å². The van der Waals surface area contributed by atoms with E-state index >= 15 is 0 Å². The average Bonchev–Trinajstić information content (AvgIpc) is 2.77. The highest BCUT2D eigenvalue weighted by Crippen LogP contribution is 2.26. The van der Waals surface area contributed by atoms with Gasteiger partial charge in [0, 0.05) is 11.6 Å². The zero-order valence-corrected chi connectivity index (χ0v) is 9.06. The first kappa shape index (κ1) is 10.4. The summed E-state index contributed by atoms with van der Waals surface area (Å²) in [5.74, 6) is 1.40. The van der Waals surface area contributed by atoms with Crippen LogP contribution in [0.1, 0.15) is 16.1 Å². The molecule has 0 N–H and O–H groups in total. The van der Waals surface area contributed by atoms with Crippen molar-refractivity contribution in [2.45, 2.75) is 6.92 Å². The minimum absolute atomic E-state index is 0.295. The molecule has 82 valence electrons. The van der Waals surface area contributed by atoms with E-state index in [4.69, 9.17) is 9.26 Å². The summed E-state index contributed by atoms with van der Waals surface area (Å²) in [6.45, 7) is 1.94. The molecule has 1 heterocycles. The topological polar surface area (TPSA) is 52.3 Å². The van der Waals surface area contributed by atoms with E-state index in [9.17, 15) is 4.79 Å². The van der Waals surface area contributed by atoms with E-state index in [2.05, 4.69) is 5.16 Å². The van der Waals surface area contributed by atoms with E-state index in [1.807, 2.05) is 25.1 Å². The quantitative estimate of drug-likeness (QED) is 0.741. The summed E-state index contributed by atoms with van der Waals surface area (Å²) in [6.07, 6.45) is 0.656. The van der Waals surface area contributed by atoms with Gasteiger partial charge in [0.2, 0.25) is 0 Å². The van der Waals surface area contributed by atoms with Gasteiger partial charge in [-0.05, 0) is 30.7 Å². The van der Waals surface area contributed by atoms with Crippen molar-refractivity contribution in [2.24, 2.45) is 0 Å². The standard InChI is InChI=1S/C12H11NO3/c1-8-5-9(3-4-11(8)15-2)12-6-10(7-14)13-16-12/h3-7H,1-2H3. The van der Waals surface area contributed by atoms with Gasteiger partial charge in [0.15, 0.2) is 12.0 Å². The summed E-state index contributed by atoms with van der Waals surface area (Å²) < 4.78 is 10.2. The molecule has 0 spiro atoms. The van der Waals surface area contributed by atoms with E-state index in [0.717, 1.165) is 16.9 Å². The Kier molecular flexibility index (Phi) is 2.72. The average molecular weight is 217 g/mol. The third-order valence-electron chi connectivity index (χ3n) is 2.33. The van der Waals surface area contributed by atoms with E-state index in [0.29, 0.717) is 17.7 Å². The molecule has 0 aliphatic heterocycles. The Morgan fingerprint density at radius 1 is 1.38 bits per heavy atom. The van der Waals surface area contributed by atoms with Gasteiger partial charge in [-0.15, -0.1) is 0 Å². The summed E-state index contributed by atoms with van der Waals surface area (Å²) in [4.78, 5) is 10.5. The van der Waals surface area contributed by atoms with Crippen LogP contribution in [0.2, 0.25) is 0 Å². The van der Waals surface area contributed by atoms with Crippen LogP contribution in [0.4, 0.5) is 0 Å². The molecule has 1 aromatic heterocycles. The molecule has 0 amide bonds. The maximum absolute atomic E-state index is 10.5. The largest absolute Gasteiger partial charge is 0.496 e. The summed E-state index contributed by atoms with van der Waals surface area (Å²) in [7, 11) is 1.63. The van der Waals surface area contributed by atoms with Crippen LogP contribution < -0.4 is 4.74 Å². The molecule has 0 aliphatic rings. The number of aldehydes is 1. The van der Waals surface area contributed by atoms with Crippen LogP contribution in [0.25, 0.3) is 11.3 Å². The first-order chi connectivity index (χ1) is 7.74. The highest BCUT2D eigenvalue weighted by Gasteiger charge is 2.07. The molecule has 2 aromatic rings. The van der Waals surface area contributed by atoms with Crippen LogP contribution in [0.3, 0.4) is 0 Å². The number of hydrogen-bond acceptors (Lipinski definition) is 4. The number of hydrogen-bond donors (Lipinski definition) is 0. The second-order valence-electron chi connectivity index (χ2n) is 3.42. The Bertz CT molecular complexity index is 517. The van der Waals surface area contributed by atoms with Crippen molar-refractivity contribution in [1.29, 1.82) is 0 Å². The Morgan fingerprint density at radius 3 is 2.75 bits per heavy atom. The summed E-state index contributed by atoms with van der Waals surface area (Å²) >= 11 is 0. The molecular weight excluding hydrogens is 206 g/mol. The van der Waals surface area contributed by atoms with E-state index in [-0.39, 0.29) is 0 Å². The maximum atomic E-state index is 10.5. The third-order valence-corrected chi connectivity index (χ3v) is 2.33. The number of benzene rings is 1. The van der Waals surface area contributed by atoms with Crippen molar-refractivity contribution in [3.05, 3.63) is 35.5 Å². The molecule has 0 aliphatic carbocycles. The molecule has 4 heteroatoms. The van der Waals surface area contributed by atoms with Crippen molar-refractivity contribution in [2.75, 3.05) is 7.11 Å². The fraction of sp³-hybridized carbons (Fsp3) is 0.167. The first-order valence-corrected chi connectivity index (χ1v) is 4.81. The highest BCUT2D eigenvalue weighted by molar-refractivity contribution is 5.74. The second kappa shape index (κ2) is 4.18. The lowest BCUT2D eigenvalue weighted by atomic mass is 10.1. The molecule has 2 rings (SSSR count). The van der Waals surface area contributed by atoms with E-state index in [1.165, 1.54) is 0 Å². The van der Waals surface area contributed by atoms with Crippen molar-refractivity contribution in [3.63, 3.8) is 0 Å². The number of methoxy groups -OCH3 is 1. The van der Waals surface area contributed by atoms with E-state index in [1.54, 1.807) is 13.2 Å². The van der Waals surface area contributed by atoms with Crippen LogP contribution in [-0.4, -0.2) is 18.6 Å². The zero-order chi connectivity index (χ0) is 11.5. The fourth-order valence-electron chi connectivity index (χ4n) is 1.51. The number of carbonyl (C=O) groups is 1. The molecule has 16 heavy (non-hydrogen) atoms. The Labute approximate surface area is 92.8 Å². The molecule has 0 unspecified atom stereocenters. The fourth-order valence-corrected chi connectivity index (χ4v) is 1.51. The number of carbonyl (C=O) groups excluding carboxylic acids is 1. The molecule has 0 radical (unpaired) electrons. The van der Waals surface area contributed by atoms with Crippen LogP contribution in [0.15, 0.2) is 28.8 Å². The molecule has 0 saturated heterocycles. The highest BCUT2D eigenvalue weighted by atomic mass is 16.5. The first-order valence-electron chi connectivity index (χ1n) is 4.81. The van der Waals surface area contributed by atoms with Gasteiger partial charge in [0.25, 0.3) is 0 Å². The number of rotatable bonds is 3. The number of ether oxygens (including phenoxy) is 1. The number of aryl methyl sites for hydroxylation is 1. The van der Waals surface area contributed by atoms with Gasteiger partial charge >= 0.3 is 0 Å². The smallest absolute Gasteiger partial charge is 0.171 e. The van der Waals surface area contributed by atoms with Crippen molar-refractivity contribution < 1.29 is 14.1 Å². The number of nitrogens with zero attached hydrogens (tertiary/aromatic N) is 1. The predicted molar refractivity (Wildman–Crippen MR) is 58.6 cm³/mol. The lowest BCUT2D eigenvalue weighted by molar-refractivity contribution is 0.111. The molecular formula is C12H11NO3. The zero-order valence-electron chi connectivity index (χ0n) is 9.06. The van der Waals surface area contributed by atoms with Crippen LogP contribution in [0, 0.1) is 6.92 Å². The summed E-state index contributed by atoms with van der Waals surface area (Å²) in [5.41, 5.74) is 2.17. The minimum atomic E-state index is 0.295. The number of aromatic nitrogens is 1. The van der Waals surface area contributed by atoms with Gasteiger partial charge in [0.05, 0.1) is 7.11 Å². The summed E-state index contributed by atoms with van der Waals surface area (Å²) in [5, 5.41) is 3.61. The monoisotopic (exact) mass is 217 g/mol. The van der Waals surface area contributed by atoms with Gasteiger partial charge < -0.3 is 9.26 Å². The molecule has 0 bridgehead atoms. The molecule has 0 atom stereocenters. The van der Waals surface area contributed by atoms with Gasteiger partial charge in [-0.25, -0.2) is 0 Å². The Hall–Kier alpha value is -2.10. The Morgan fingerprint density at radius 2 is 2.19 bits per heavy atom. The van der Waals surface area contributed by atoms with Crippen molar-refractivity contribution in [1.82, 2.24) is 5.16 Å². The summed E-state index contributed by atoms with van der Waals surface area (Å²) in [6, 6.07) is 7.25. The van der Waals surface area contributed by atoms with Crippen molar-refractivity contribution in [3.8, 4) is 17.1 Å². The van der Waals surface area contributed by atoms with Gasteiger partial charge in [-0.2, -0.15) is 0 Å². The minimum Gasteiger partial charge on any atom is -0.496 e.